The van der Waals surface area contributed by atoms with Crippen LogP contribution in [0.1, 0.15) is 50.2 Å². The van der Waals surface area contributed by atoms with Crippen molar-refractivity contribution in [3.05, 3.63) is 41.5 Å². The lowest BCUT2D eigenvalue weighted by molar-refractivity contribution is -0.131. The number of carboxylic acid groups (broad SMARTS) is 1. The molecule has 0 aliphatic heterocycles. The van der Waals surface area contributed by atoms with E-state index in [1.807, 2.05) is 24.3 Å². The maximum Gasteiger partial charge on any atom is 0.328 e. The largest absolute Gasteiger partial charge is 0.478 e. The molecule has 19 heavy (non-hydrogen) atoms. The minimum absolute atomic E-state index is 0.871. The van der Waals surface area contributed by atoms with E-state index < -0.39 is 5.97 Å². The zero-order valence-corrected chi connectivity index (χ0v) is 11.4. The first kappa shape index (κ1) is 15.0. The molecule has 0 aromatic heterocycles. The molecule has 0 saturated carbocycles. The smallest absolute Gasteiger partial charge is 0.328 e. The molecule has 0 saturated heterocycles. The fourth-order valence-electron chi connectivity index (χ4n) is 1.65. The summed E-state index contributed by atoms with van der Waals surface area (Å²) in [5, 5.41) is 8.53. The summed E-state index contributed by atoms with van der Waals surface area (Å²) in [5.74, 6) is 5.36. The van der Waals surface area contributed by atoms with Gasteiger partial charge in [-0.05, 0) is 30.2 Å². The topological polar surface area (TPSA) is 37.3 Å². The highest BCUT2D eigenvalue weighted by atomic mass is 16.4. The van der Waals surface area contributed by atoms with Crippen molar-refractivity contribution in [3.63, 3.8) is 0 Å². The third-order valence-electron chi connectivity index (χ3n) is 2.72. The standard InChI is InChI=1S/C17H20O2/c1-2-3-4-5-6-7-8-15-9-11-16(12-10-15)13-14-17(18)19/h9-14H,2-6H2,1H3,(H,18,19). The third-order valence-corrected chi connectivity index (χ3v) is 2.72. The molecular formula is C17H20O2. The van der Waals surface area contributed by atoms with Crippen LogP contribution in [0.4, 0.5) is 0 Å². The number of carboxylic acids is 1. The SMILES string of the molecule is CCCCCCC#Cc1ccc(C=CC(=O)O)cc1. The van der Waals surface area contributed by atoms with Gasteiger partial charge < -0.3 is 5.11 Å². The van der Waals surface area contributed by atoms with Crippen LogP contribution in [0.5, 0.6) is 0 Å². The summed E-state index contributed by atoms with van der Waals surface area (Å²) in [7, 11) is 0. The van der Waals surface area contributed by atoms with Crippen molar-refractivity contribution >= 4 is 12.0 Å². The maximum atomic E-state index is 10.4. The Hall–Kier alpha value is -2.01. The predicted octanol–water partition coefficient (Wildman–Crippen LogP) is 4.11. The van der Waals surface area contributed by atoms with Crippen molar-refractivity contribution < 1.29 is 9.90 Å². The molecule has 2 nitrogen and oxygen atoms in total. The Morgan fingerprint density at radius 1 is 1.21 bits per heavy atom. The normalized spacial score (nSPS) is 10.2. The molecule has 0 bridgehead atoms. The quantitative estimate of drug-likeness (QED) is 0.472. The molecule has 1 N–H and O–H groups in total. The predicted molar refractivity (Wildman–Crippen MR) is 78.7 cm³/mol. The average Bonchev–Trinajstić information content (AvgIpc) is 2.41. The molecule has 100 valence electrons. The molecule has 0 heterocycles. The van der Waals surface area contributed by atoms with Gasteiger partial charge in [-0.3, -0.25) is 0 Å². The van der Waals surface area contributed by atoms with Crippen LogP contribution in [0.3, 0.4) is 0 Å². The van der Waals surface area contributed by atoms with Crippen molar-refractivity contribution in [2.75, 3.05) is 0 Å². The average molecular weight is 256 g/mol. The van der Waals surface area contributed by atoms with Gasteiger partial charge in [0.1, 0.15) is 0 Å². The molecule has 0 fully saturated rings. The van der Waals surface area contributed by atoms with Crippen molar-refractivity contribution in [1.29, 1.82) is 0 Å². The van der Waals surface area contributed by atoms with Gasteiger partial charge in [-0.25, -0.2) is 4.79 Å². The molecule has 0 atom stereocenters. The molecule has 0 spiro atoms. The van der Waals surface area contributed by atoms with E-state index in [-0.39, 0.29) is 0 Å². The van der Waals surface area contributed by atoms with Gasteiger partial charge in [0.2, 0.25) is 0 Å². The minimum atomic E-state index is -0.934. The van der Waals surface area contributed by atoms with Gasteiger partial charge in [0.15, 0.2) is 0 Å². The van der Waals surface area contributed by atoms with E-state index in [0.29, 0.717) is 0 Å². The van der Waals surface area contributed by atoms with Crippen LogP contribution in [0.2, 0.25) is 0 Å². The number of aliphatic carboxylic acids is 1. The van der Waals surface area contributed by atoms with Crippen LogP contribution in [-0.2, 0) is 4.79 Å². The lowest BCUT2D eigenvalue weighted by Crippen LogP contribution is -1.85. The number of rotatable bonds is 6. The first-order valence-corrected chi connectivity index (χ1v) is 6.72. The van der Waals surface area contributed by atoms with Crippen LogP contribution in [0, 0.1) is 11.8 Å². The van der Waals surface area contributed by atoms with Gasteiger partial charge in [-0.2, -0.15) is 0 Å². The molecule has 0 amide bonds. The van der Waals surface area contributed by atoms with E-state index in [4.69, 9.17) is 5.11 Å². The van der Waals surface area contributed by atoms with E-state index in [1.165, 1.54) is 25.7 Å². The van der Waals surface area contributed by atoms with Gasteiger partial charge in [-0.1, -0.05) is 50.2 Å². The van der Waals surface area contributed by atoms with Gasteiger partial charge >= 0.3 is 5.97 Å². The summed E-state index contributed by atoms with van der Waals surface area (Å²) in [6, 6.07) is 7.59. The first-order valence-electron chi connectivity index (χ1n) is 6.72. The van der Waals surface area contributed by atoms with Crippen LogP contribution in [-0.4, -0.2) is 11.1 Å². The van der Waals surface area contributed by atoms with E-state index >= 15 is 0 Å². The molecule has 0 unspecified atom stereocenters. The van der Waals surface area contributed by atoms with E-state index in [1.54, 1.807) is 6.08 Å². The van der Waals surface area contributed by atoms with Crippen LogP contribution >= 0.6 is 0 Å². The summed E-state index contributed by atoms with van der Waals surface area (Å²) in [6.45, 7) is 2.20. The molecule has 0 aliphatic rings. The van der Waals surface area contributed by atoms with Crippen molar-refractivity contribution in [3.8, 4) is 11.8 Å². The van der Waals surface area contributed by atoms with Crippen molar-refractivity contribution in [1.82, 2.24) is 0 Å². The monoisotopic (exact) mass is 256 g/mol. The van der Waals surface area contributed by atoms with Crippen LogP contribution in [0.15, 0.2) is 30.3 Å². The second-order valence-electron chi connectivity index (χ2n) is 4.41. The maximum absolute atomic E-state index is 10.4. The van der Waals surface area contributed by atoms with Gasteiger partial charge in [0.25, 0.3) is 0 Å². The van der Waals surface area contributed by atoms with Crippen LogP contribution in [0.25, 0.3) is 6.08 Å². The van der Waals surface area contributed by atoms with E-state index in [0.717, 1.165) is 23.6 Å². The Balaban J connectivity index is 2.44. The molecule has 0 aliphatic carbocycles. The lowest BCUT2D eigenvalue weighted by Gasteiger charge is -1.94. The van der Waals surface area contributed by atoms with Crippen molar-refractivity contribution in [2.45, 2.75) is 39.0 Å². The number of unbranched alkanes of at least 4 members (excludes halogenated alkanes) is 4. The Kier molecular flexibility index (Phi) is 7.12. The molecule has 1 rings (SSSR count). The van der Waals surface area contributed by atoms with Gasteiger partial charge in [-0.15, -0.1) is 0 Å². The number of benzene rings is 1. The summed E-state index contributed by atoms with van der Waals surface area (Å²) in [5.41, 5.74) is 1.85. The second kappa shape index (κ2) is 8.99. The number of carbonyl (C=O) groups is 1. The van der Waals surface area contributed by atoms with E-state index in [2.05, 4.69) is 18.8 Å². The fraction of sp³-hybridized carbons (Fsp3) is 0.353. The summed E-state index contributed by atoms with van der Waals surface area (Å²) < 4.78 is 0. The van der Waals surface area contributed by atoms with Gasteiger partial charge in [0.05, 0.1) is 0 Å². The fourth-order valence-corrected chi connectivity index (χ4v) is 1.65. The highest BCUT2D eigenvalue weighted by Gasteiger charge is 1.90. The first-order chi connectivity index (χ1) is 9.22. The molecule has 0 radical (unpaired) electrons. The number of hydrogen-bond acceptors (Lipinski definition) is 1. The highest BCUT2D eigenvalue weighted by Crippen LogP contribution is 2.06. The Labute approximate surface area is 115 Å². The Morgan fingerprint density at radius 2 is 1.95 bits per heavy atom. The molecule has 1 aromatic carbocycles. The molecule has 2 heteroatoms. The second-order valence-corrected chi connectivity index (χ2v) is 4.41. The summed E-state index contributed by atoms with van der Waals surface area (Å²) in [4.78, 5) is 10.4. The Morgan fingerprint density at radius 3 is 2.58 bits per heavy atom. The zero-order chi connectivity index (χ0) is 13.9. The van der Waals surface area contributed by atoms with Crippen LogP contribution < -0.4 is 0 Å². The lowest BCUT2D eigenvalue weighted by atomic mass is 10.1. The summed E-state index contributed by atoms with van der Waals surface area (Å²) >= 11 is 0. The molecule has 1 aromatic rings. The van der Waals surface area contributed by atoms with Crippen molar-refractivity contribution in [2.24, 2.45) is 0 Å². The van der Waals surface area contributed by atoms with Gasteiger partial charge in [0, 0.05) is 18.1 Å². The summed E-state index contributed by atoms with van der Waals surface area (Å²) in [6.07, 6.45) is 8.61. The zero-order valence-electron chi connectivity index (χ0n) is 11.4. The number of hydrogen-bond donors (Lipinski definition) is 1. The van der Waals surface area contributed by atoms with E-state index in [9.17, 15) is 4.79 Å². The Bertz CT molecular complexity index is 472. The minimum Gasteiger partial charge on any atom is -0.478 e. The highest BCUT2D eigenvalue weighted by molar-refractivity contribution is 5.85. The third kappa shape index (κ3) is 7.10. The molecular weight excluding hydrogens is 236 g/mol.